The van der Waals surface area contributed by atoms with Gasteiger partial charge in [-0.3, -0.25) is 4.99 Å². The highest BCUT2D eigenvalue weighted by Gasteiger charge is 2.33. The third kappa shape index (κ3) is 1.91. The molecular formula is C9H5F3N2. The highest BCUT2D eigenvalue weighted by molar-refractivity contribution is 5.52. The highest BCUT2D eigenvalue weighted by Crippen LogP contribution is 2.33. The van der Waals surface area contributed by atoms with Gasteiger partial charge in [-0.25, -0.2) is 0 Å². The third-order valence-corrected chi connectivity index (χ3v) is 1.61. The monoisotopic (exact) mass is 198 g/mol. The molecule has 0 aromatic heterocycles. The third-order valence-electron chi connectivity index (χ3n) is 1.61. The van der Waals surface area contributed by atoms with Gasteiger partial charge < -0.3 is 0 Å². The number of alkyl halides is 3. The number of nitriles is 1. The fraction of sp³-hybridized carbons (Fsp3) is 0.111. The van der Waals surface area contributed by atoms with E-state index in [0.29, 0.717) is 0 Å². The van der Waals surface area contributed by atoms with E-state index in [9.17, 15) is 13.2 Å². The summed E-state index contributed by atoms with van der Waals surface area (Å²) in [6.45, 7) is 3.11. The number of hydrogen-bond donors (Lipinski definition) is 0. The standard InChI is InChI=1S/C9H5F3N2/c1-14-7-3-2-6(5-13)8(4-7)9(10,11)12/h2-4H,1H2. The van der Waals surface area contributed by atoms with Gasteiger partial charge in [0.05, 0.1) is 22.9 Å². The van der Waals surface area contributed by atoms with Crippen LogP contribution in [0.4, 0.5) is 18.9 Å². The maximum absolute atomic E-state index is 12.3. The van der Waals surface area contributed by atoms with Crippen LogP contribution in [0, 0.1) is 11.3 Å². The lowest BCUT2D eigenvalue weighted by atomic mass is 10.1. The van der Waals surface area contributed by atoms with Gasteiger partial charge in [0.25, 0.3) is 0 Å². The van der Waals surface area contributed by atoms with Crippen molar-refractivity contribution < 1.29 is 13.2 Å². The summed E-state index contributed by atoms with van der Waals surface area (Å²) in [5.41, 5.74) is -1.30. The Morgan fingerprint density at radius 2 is 2.00 bits per heavy atom. The van der Waals surface area contributed by atoms with Crippen molar-refractivity contribution in [2.75, 3.05) is 0 Å². The first-order valence-corrected chi connectivity index (χ1v) is 3.57. The normalized spacial score (nSPS) is 10.7. The maximum Gasteiger partial charge on any atom is 0.417 e. The van der Waals surface area contributed by atoms with Gasteiger partial charge in [0.15, 0.2) is 0 Å². The van der Waals surface area contributed by atoms with Crippen LogP contribution in [0.5, 0.6) is 0 Å². The molecule has 0 radical (unpaired) electrons. The van der Waals surface area contributed by atoms with Crippen LogP contribution in [0.15, 0.2) is 23.2 Å². The lowest BCUT2D eigenvalue weighted by Gasteiger charge is -2.08. The van der Waals surface area contributed by atoms with Crippen LogP contribution < -0.4 is 0 Å². The molecule has 14 heavy (non-hydrogen) atoms. The first-order chi connectivity index (χ1) is 6.49. The topological polar surface area (TPSA) is 36.1 Å². The van der Waals surface area contributed by atoms with Gasteiger partial charge in [0.1, 0.15) is 0 Å². The lowest BCUT2D eigenvalue weighted by molar-refractivity contribution is -0.137. The number of halogens is 3. The van der Waals surface area contributed by atoms with Crippen molar-refractivity contribution in [2.45, 2.75) is 6.18 Å². The average molecular weight is 198 g/mol. The quantitative estimate of drug-likeness (QED) is 0.639. The van der Waals surface area contributed by atoms with E-state index in [-0.39, 0.29) is 5.69 Å². The molecule has 0 aliphatic rings. The minimum atomic E-state index is -4.54. The molecule has 0 aliphatic heterocycles. The fourth-order valence-electron chi connectivity index (χ4n) is 0.963. The molecule has 0 atom stereocenters. The van der Waals surface area contributed by atoms with Crippen molar-refractivity contribution in [1.29, 1.82) is 5.26 Å². The highest BCUT2D eigenvalue weighted by atomic mass is 19.4. The van der Waals surface area contributed by atoms with Crippen LogP contribution in [-0.2, 0) is 6.18 Å². The Bertz CT molecular complexity index is 401. The lowest BCUT2D eigenvalue weighted by Crippen LogP contribution is -2.07. The SMILES string of the molecule is C=Nc1ccc(C#N)c(C(F)(F)F)c1. The predicted octanol–water partition coefficient (Wildman–Crippen LogP) is 2.91. The molecule has 0 N–H and O–H groups in total. The largest absolute Gasteiger partial charge is 0.417 e. The van der Waals surface area contributed by atoms with Crippen molar-refractivity contribution in [3.63, 3.8) is 0 Å². The van der Waals surface area contributed by atoms with Crippen LogP contribution in [0.3, 0.4) is 0 Å². The van der Waals surface area contributed by atoms with Crippen molar-refractivity contribution in [3.8, 4) is 6.07 Å². The van der Waals surface area contributed by atoms with Gasteiger partial charge in [-0.1, -0.05) is 0 Å². The Balaban J connectivity index is 3.38. The molecule has 0 saturated carbocycles. The van der Waals surface area contributed by atoms with Crippen LogP contribution in [0.1, 0.15) is 11.1 Å². The Morgan fingerprint density at radius 3 is 2.43 bits per heavy atom. The molecule has 0 heterocycles. The minimum absolute atomic E-state index is 0.0938. The number of rotatable bonds is 1. The zero-order valence-electron chi connectivity index (χ0n) is 6.97. The maximum atomic E-state index is 12.3. The average Bonchev–Trinajstić information content (AvgIpc) is 2.15. The van der Waals surface area contributed by atoms with Crippen LogP contribution in [0.2, 0.25) is 0 Å². The zero-order chi connectivity index (χ0) is 10.8. The van der Waals surface area contributed by atoms with Gasteiger partial charge in [0, 0.05) is 0 Å². The molecule has 5 heteroatoms. The Kier molecular flexibility index (Phi) is 2.56. The number of nitrogens with zero attached hydrogens (tertiary/aromatic N) is 2. The van der Waals surface area contributed by atoms with E-state index in [1.54, 1.807) is 0 Å². The molecule has 2 nitrogen and oxygen atoms in total. The first kappa shape index (κ1) is 10.3. The van der Waals surface area contributed by atoms with E-state index in [0.717, 1.165) is 12.1 Å². The summed E-state index contributed by atoms with van der Waals surface area (Å²) in [5, 5.41) is 8.45. The second kappa shape index (κ2) is 3.50. The summed E-state index contributed by atoms with van der Waals surface area (Å²) in [6, 6.07) is 4.65. The van der Waals surface area contributed by atoms with Gasteiger partial charge in [-0.05, 0) is 24.9 Å². The summed E-state index contributed by atoms with van der Waals surface area (Å²) in [6.07, 6.45) is -4.54. The Morgan fingerprint density at radius 1 is 1.36 bits per heavy atom. The van der Waals surface area contributed by atoms with Crippen LogP contribution >= 0.6 is 0 Å². The van der Waals surface area contributed by atoms with E-state index >= 15 is 0 Å². The molecule has 0 amide bonds. The summed E-state index contributed by atoms with van der Waals surface area (Å²) in [7, 11) is 0. The van der Waals surface area contributed by atoms with E-state index in [4.69, 9.17) is 5.26 Å². The first-order valence-electron chi connectivity index (χ1n) is 3.57. The molecule has 0 fully saturated rings. The minimum Gasteiger partial charge on any atom is -0.265 e. The molecule has 0 saturated heterocycles. The molecule has 0 unspecified atom stereocenters. The van der Waals surface area contributed by atoms with Crippen molar-refractivity contribution in [2.24, 2.45) is 4.99 Å². The second-order valence-corrected chi connectivity index (χ2v) is 2.50. The van der Waals surface area contributed by atoms with Gasteiger partial charge >= 0.3 is 6.18 Å². The molecule has 72 valence electrons. The molecule has 0 aliphatic carbocycles. The number of aliphatic imine (C=N–C) groups is 1. The van der Waals surface area contributed by atoms with E-state index in [1.165, 1.54) is 12.1 Å². The van der Waals surface area contributed by atoms with Gasteiger partial charge in [0.2, 0.25) is 0 Å². The summed E-state index contributed by atoms with van der Waals surface area (Å²) in [4.78, 5) is 3.36. The van der Waals surface area contributed by atoms with E-state index < -0.39 is 17.3 Å². The predicted molar refractivity (Wildman–Crippen MR) is 45.4 cm³/mol. The van der Waals surface area contributed by atoms with Crippen molar-refractivity contribution in [1.82, 2.24) is 0 Å². The van der Waals surface area contributed by atoms with Gasteiger partial charge in [-0.15, -0.1) is 0 Å². The Hall–Kier alpha value is -1.83. The van der Waals surface area contributed by atoms with Crippen LogP contribution in [-0.4, -0.2) is 6.72 Å². The zero-order valence-corrected chi connectivity index (χ0v) is 6.97. The molecule has 0 spiro atoms. The summed E-state index contributed by atoms with van der Waals surface area (Å²) in [5.74, 6) is 0. The van der Waals surface area contributed by atoms with E-state index in [1.807, 2.05) is 0 Å². The van der Waals surface area contributed by atoms with Gasteiger partial charge in [-0.2, -0.15) is 18.4 Å². The molecule has 1 rings (SSSR count). The summed E-state index contributed by atoms with van der Waals surface area (Å²) >= 11 is 0. The smallest absolute Gasteiger partial charge is 0.265 e. The summed E-state index contributed by atoms with van der Waals surface area (Å²) < 4.78 is 37.0. The second-order valence-electron chi connectivity index (χ2n) is 2.50. The Labute approximate surface area is 78.3 Å². The molecule has 1 aromatic rings. The van der Waals surface area contributed by atoms with E-state index in [2.05, 4.69) is 11.7 Å². The number of hydrogen-bond acceptors (Lipinski definition) is 2. The number of benzene rings is 1. The van der Waals surface area contributed by atoms with Crippen LogP contribution in [0.25, 0.3) is 0 Å². The van der Waals surface area contributed by atoms with Crippen molar-refractivity contribution >= 4 is 12.4 Å². The molecule has 0 bridgehead atoms. The molecular weight excluding hydrogens is 193 g/mol. The fourth-order valence-corrected chi connectivity index (χ4v) is 0.963. The molecule has 1 aromatic carbocycles. The van der Waals surface area contributed by atoms with Crippen molar-refractivity contribution in [3.05, 3.63) is 29.3 Å².